The Kier molecular flexibility index (Phi) is 5.44. The van der Waals surface area contributed by atoms with Crippen LogP contribution in [0.5, 0.6) is 0 Å². The van der Waals surface area contributed by atoms with E-state index in [1.54, 1.807) is 0 Å². The molecule has 1 N–H and O–H groups in total. The zero-order chi connectivity index (χ0) is 9.61. The number of hydrogen-bond donors (Lipinski definition) is 1. The summed E-state index contributed by atoms with van der Waals surface area (Å²) in [4.78, 5) is 0. The van der Waals surface area contributed by atoms with Crippen LogP contribution in [-0.4, -0.2) is 23.1 Å². The van der Waals surface area contributed by atoms with E-state index in [4.69, 9.17) is 6.42 Å². The van der Waals surface area contributed by atoms with Crippen LogP contribution in [0.2, 0.25) is 0 Å². The Bertz CT molecular complexity index is 152. The highest BCUT2D eigenvalue weighted by Gasteiger charge is 2.13. The van der Waals surface area contributed by atoms with E-state index in [-0.39, 0.29) is 6.04 Å². The molecule has 0 spiro atoms. The van der Waals surface area contributed by atoms with E-state index in [0.717, 1.165) is 12.3 Å². The molecule has 0 aliphatic carbocycles. The molecule has 0 aliphatic rings. The van der Waals surface area contributed by atoms with Gasteiger partial charge in [0.15, 0.2) is 0 Å². The molecule has 0 saturated heterocycles. The SMILES string of the molecule is C#CC(CSC(C)(C)C)NCC. The first-order chi connectivity index (χ1) is 5.49. The lowest BCUT2D eigenvalue weighted by molar-refractivity contribution is 0.679. The van der Waals surface area contributed by atoms with Gasteiger partial charge in [-0.3, -0.25) is 0 Å². The van der Waals surface area contributed by atoms with Crippen molar-refractivity contribution in [3.05, 3.63) is 0 Å². The smallest absolute Gasteiger partial charge is 0.0778 e. The summed E-state index contributed by atoms with van der Waals surface area (Å²) in [7, 11) is 0. The Morgan fingerprint density at radius 3 is 2.42 bits per heavy atom. The van der Waals surface area contributed by atoms with Gasteiger partial charge >= 0.3 is 0 Å². The molecule has 0 amide bonds. The third-order valence-corrected chi connectivity index (χ3v) is 2.70. The van der Waals surface area contributed by atoms with E-state index in [2.05, 4.69) is 38.9 Å². The van der Waals surface area contributed by atoms with E-state index < -0.39 is 0 Å². The summed E-state index contributed by atoms with van der Waals surface area (Å²) in [5.41, 5.74) is 0. The number of hydrogen-bond acceptors (Lipinski definition) is 2. The first kappa shape index (κ1) is 11.9. The summed E-state index contributed by atoms with van der Waals surface area (Å²) in [6, 6.07) is 0.222. The molecule has 1 atom stereocenters. The van der Waals surface area contributed by atoms with E-state index >= 15 is 0 Å². The molecule has 0 radical (unpaired) electrons. The fourth-order valence-electron chi connectivity index (χ4n) is 0.746. The number of rotatable bonds is 4. The molecular formula is C10H19NS. The Labute approximate surface area is 80.7 Å². The van der Waals surface area contributed by atoms with Crippen molar-refractivity contribution < 1.29 is 0 Å². The summed E-state index contributed by atoms with van der Waals surface area (Å²) < 4.78 is 0.310. The third-order valence-electron chi connectivity index (χ3n) is 1.33. The summed E-state index contributed by atoms with van der Waals surface area (Å²) in [6.07, 6.45) is 5.36. The van der Waals surface area contributed by atoms with Crippen molar-refractivity contribution in [1.29, 1.82) is 0 Å². The lowest BCUT2D eigenvalue weighted by atomic mass is 10.3. The van der Waals surface area contributed by atoms with Gasteiger partial charge in [0.2, 0.25) is 0 Å². The van der Waals surface area contributed by atoms with E-state index in [9.17, 15) is 0 Å². The van der Waals surface area contributed by atoms with Crippen molar-refractivity contribution in [2.45, 2.75) is 38.5 Å². The maximum Gasteiger partial charge on any atom is 0.0778 e. The minimum absolute atomic E-state index is 0.222. The molecule has 70 valence electrons. The number of terminal acetylenes is 1. The minimum Gasteiger partial charge on any atom is -0.303 e. The predicted molar refractivity (Wildman–Crippen MR) is 58.5 cm³/mol. The molecule has 0 aliphatic heterocycles. The largest absolute Gasteiger partial charge is 0.303 e. The van der Waals surface area contributed by atoms with Crippen molar-refractivity contribution in [2.24, 2.45) is 0 Å². The highest BCUT2D eigenvalue weighted by Crippen LogP contribution is 2.23. The average Bonchev–Trinajstić information content (AvgIpc) is 1.96. The van der Waals surface area contributed by atoms with Gasteiger partial charge in [-0.15, -0.1) is 6.42 Å². The molecule has 0 fully saturated rings. The van der Waals surface area contributed by atoms with Crippen LogP contribution in [0, 0.1) is 12.3 Å². The van der Waals surface area contributed by atoms with Crippen LogP contribution in [0.15, 0.2) is 0 Å². The lowest BCUT2D eigenvalue weighted by Gasteiger charge is -2.20. The summed E-state index contributed by atoms with van der Waals surface area (Å²) in [6.45, 7) is 9.64. The molecule has 0 bridgehead atoms. The highest BCUT2D eigenvalue weighted by atomic mass is 32.2. The molecule has 0 aromatic carbocycles. The molecule has 12 heavy (non-hydrogen) atoms. The second-order valence-corrected chi connectivity index (χ2v) is 5.55. The number of thioether (sulfide) groups is 1. The summed E-state index contributed by atoms with van der Waals surface area (Å²) in [5.74, 6) is 3.74. The maximum atomic E-state index is 5.36. The molecule has 0 saturated carbocycles. The fraction of sp³-hybridized carbons (Fsp3) is 0.800. The Balaban J connectivity index is 3.67. The van der Waals surface area contributed by atoms with Crippen LogP contribution in [0.3, 0.4) is 0 Å². The van der Waals surface area contributed by atoms with Crippen molar-refractivity contribution in [1.82, 2.24) is 5.32 Å². The second-order valence-electron chi connectivity index (χ2n) is 3.70. The maximum absolute atomic E-state index is 5.36. The third kappa shape index (κ3) is 6.57. The highest BCUT2D eigenvalue weighted by molar-refractivity contribution is 8.00. The van der Waals surface area contributed by atoms with E-state index in [0.29, 0.717) is 4.75 Å². The van der Waals surface area contributed by atoms with Gasteiger partial charge in [-0.25, -0.2) is 0 Å². The van der Waals surface area contributed by atoms with E-state index in [1.165, 1.54) is 0 Å². The summed E-state index contributed by atoms with van der Waals surface area (Å²) >= 11 is 1.90. The van der Waals surface area contributed by atoms with Crippen molar-refractivity contribution in [3.63, 3.8) is 0 Å². The van der Waals surface area contributed by atoms with Crippen LogP contribution in [0.1, 0.15) is 27.7 Å². The molecule has 1 unspecified atom stereocenters. The first-order valence-corrected chi connectivity index (χ1v) is 5.31. The molecular weight excluding hydrogens is 166 g/mol. The molecule has 2 heteroatoms. The Hall–Kier alpha value is -0.130. The molecule has 0 heterocycles. The van der Waals surface area contributed by atoms with Gasteiger partial charge in [-0.2, -0.15) is 11.8 Å². The van der Waals surface area contributed by atoms with Gasteiger partial charge < -0.3 is 5.32 Å². The van der Waals surface area contributed by atoms with Gasteiger partial charge in [0.1, 0.15) is 0 Å². The average molecular weight is 185 g/mol. The van der Waals surface area contributed by atoms with Crippen molar-refractivity contribution in [3.8, 4) is 12.3 Å². The Morgan fingerprint density at radius 2 is 2.08 bits per heavy atom. The minimum atomic E-state index is 0.222. The lowest BCUT2D eigenvalue weighted by Crippen LogP contribution is -2.30. The van der Waals surface area contributed by atoms with Crippen LogP contribution < -0.4 is 5.32 Å². The zero-order valence-electron chi connectivity index (χ0n) is 8.48. The summed E-state index contributed by atoms with van der Waals surface area (Å²) in [5, 5.41) is 3.25. The zero-order valence-corrected chi connectivity index (χ0v) is 9.29. The topological polar surface area (TPSA) is 12.0 Å². The van der Waals surface area contributed by atoms with Gasteiger partial charge in [-0.1, -0.05) is 33.6 Å². The van der Waals surface area contributed by atoms with Crippen molar-refractivity contribution >= 4 is 11.8 Å². The standard InChI is InChI=1S/C10H19NS/c1-6-9(11-7-2)8-12-10(3,4)5/h1,9,11H,7-8H2,2-5H3. The molecule has 0 aromatic heterocycles. The molecule has 0 rings (SSSR count). The molecule has 1 nitrogen and oxygen atoms in total. The van der Waals surface area contributed by atoms with Gasteiger partial charge in [-0.05, 0) is 6.54 Å². The molecule has 0 aromatic rings. The van der Waals surface area contributed by atoms with Gasteiger partial charge in [0.05, 0.1) is 6.04 Å². The van der Waals surface area contributed by atoms with E-state index in [1.807, 2.05) is 11.8 Å². The van der Waals surface area contributed by atoms with Crippen LogP contribution in [-0.2, 0) is 0 Å². The van der Waals surface area contributed by atoms with Crippen LogP contribution >= 0.6 is 11.8 Å². The quantitative estimate of drug-likeness (QED) is 0.673. The van der Waals surface area contributed by atoms with Crippen LogP contribution in [0.4, 0.5) is 0 Å². The fourth-order valence-corrected chi connectivity index (χ4v) is 1.63. The van der Waals surface area contributed by atoms with Gasteiger partial charge in [0.25, 0.3) is 0 Å². The first-order valence-electron chi connectivity index (χ1n) is 4.33. The Morgan fingerprint density at radius 1 is 1.50 bits per heavy atom. The second kappa shape index (κ2) is 5.50. The normalized spacial score (nSPS) is 13.9. The predicted octanol–water partition coefficient (Wildman–Crippen LogP) is 2.13. The number of nitrogens with one attached hydrogen (secondary N) is 1. The monoisotopic (exact) mass is 185 g/mol. The van der Waals surface area contributed by atoms with Crippen LogP contribution in [0.25, 0.3) is 0 Å². The van der Waals surface area contributed by atoms with Gasteiger partial charge in [0, 0.05) is 10.5 Å². The van der Waals surface area contributed by atoms with Crippen molar-refractivity contribution in [2.75, 3.05) is 12.3 Å².